The average Bonchev–Trinajstić information content (AvgIpc) is 2.73. The molecule has 3 aromatic rings. The maximum Gasteiger partial charge on any atom is 0.262 e. The molecular weight excluding hydrogens is 423 g/mol. The van der Waals surface area contributed by atoms with Crippen LogP contribution in [0.1, 0.15) is 15.9 Å². The number of rotatable bonds is 7. The van der Waals surface area contributed by atoms with E-state index in [1.54, 1.807) is 30.3 Å². The van der Waals surface area contributed by atoms with Crippen LogP contribution in [0.5, 0.6) is 11.5 Å². The van der Waals surface area contributed by atoms with Crippen molar-refractivity contribution in [3.63, 3.8) is 0 Å². The van der Waals surface area contributed by atoms with Crippen LogP contribution in [0.4, 0.5) is 15.8 Å². The summed E-state index contributed by atoms with van der Waals surface area (Å²) in [5.41, 5.74) is 0.817. The number of anilines is 2. The number of nitrogens with one attached hydrogen (secondary N) is 2. The second kappa shape index (κ2) is 9.05. The standard InChI is InChI=1S/C22H21FN2O5S/c1-14-12-15(23)8-11-21(14)31(27,28)25-18-7-5-4-6-17(18)22(26)24-19-10-9-16(29-2)13-20(19)30-3/h4-13,25H,1-3H3,(H,24,26). The van der Waals surface area contributed by atoms with Crippen molar-refractivity contribution in [3.8, 4) is 11.5 Å². The summed E-state index contributed by atoms with van der Waals surface area (Å²) in [6.45, 7) is 1.49. The minimum absolute atomic E-state index is 0.0798. The molecule has 0 saturated heterocycles. The third-order valence-corrected chi connectivity index (χ3v) is 6.03. The lowest BCUT2D eigenvalue weighted by atomic mass is 10.1. The van der Waals surface area contributed by atoms with E-state index in [9.17, 15) is 17.6 Å². The first-order valence-corrected chi connectivity index (χ1v) is 10.6. The van der Waals surface area contributed by atoms with Crippen molar-refractivity contribution in [1.29, 1.82) is 0 Å². The number of amides is 1. The summed E-state index contributed by atoms with van der Waals surface area (Å²) in [7, 11) is -1.08. The van der Waals surface area contributed by atoms with Gasteiger partial charge in [-0.3, -0.25) is 9.52 Å². The first kappa shape index (κ1) is 22.1. The Labute approximate surface area is 179 Å². The van der Waals surface area contributed by atoms with E-state index < -0.39 is 21.7 Å². The Bertz CT molecular complexity index is 1230. The highest BCUT2D eigenvalue weighted by atomic mass is 32.2. The zero-order chi connectivity index (χ0) is 22.6. The molecule has 0 aliphatic carbocycles. The molecule has 3 aromatic carbocycles. The zero-order valence-corrected chi connectivity index (χ0v) is 17.9. The van der Waals surface area contributed by atoms with E-state index >= 15 is 0 Å². The molecule has 0 heterocycles. The molecule has 1 amide bonds. The molecule has 162 valence electrons. The van der Waals surface area contributed by atoms with Crippen LogP contribution in [-0.4, -0.2) is 28.5 Å². The Morgan fingerprint density at radius 2 is 1.68 bits per heavy atom. The van der Waals surface area contributed by atoms with Crippen LogP contribution in [0.15, 0.2) is 65.6 Å². The maximum absolute atomic E-state index is 13.4. The number of carbonyl (C=O) groups is 1. The number of ether oxygens (including phenoxy) is 2. The molecule has 0 saturated carbocycles. The summed E-state index contributed by atoms with van der Waals surface area (Å²) in [5, 5.41) is 2.71. The van der Waals surface area contributed by atoms with Gasteiger partial charge in [0.15, 0.2) is 0 Å². The fraction of sp³-hybridized carbons (Fsp3) is 0.136. The van der Waals surface area contributed by atoms with Crippen LogP contribution in [0.2, 0.25) is 0 Å². The molecule has 0 aliphatic heterocycles. The minimum Gasteiger partial charge on any atom is -0.497 e. The smallest absolute Gasteiger partial charge is 0.262 e. The molecule has 0 atom stereocenters. The number of methoxy groups -OCH3 is 2. The predicted octanol–water partition coefficient (Wildman–Crippen LogP) is 4.20. The normalized spacial score (nSPS) is 11.0. The summed E-state index contributed by atoms with van der Waals surface area (Å²) in [6.07, 6.45) is 0. The van der Waals surface area contributed by atoms with E-state index in [2.05, 4.69) is 10.0 Å². The van der Waals surface area contributed by atoms with E-state index in [1.807, 2.05) is 0 Å². The number of aryl methyl sites for hydroxylation is 1. The van der Waals surface area contributed by atoms with Crippen LogP contribution >= 0.6 is 0 Å². The molecule has 0 unspecified atom stereocenters. The van der Waals surface area contributed by atoms with Crippen molar-refractivity contribution in [3.05, 3.63) is 77.6 Å². The Kier molecular flexibility index (Phi) is 6.45. The second-order valence-electron chi connectivity index (χ2n) is 6.58. The fourth-order valence-electron chi connectivity index (χ4n) is 2.98. The Morgan fingerprint density at radius 1 is 0.935 bits per heavy atom. The van der Waals surface area contributed by atoms with E-state index in [1.165, 1.54) is 39.3 Å². The minimum atomic E-state index is -4.05. The summed E-state index contributed by atoms with van der Waals surface area (Å²) < 4.78 is 51.9. The maximum atomic E-state index is 13.4. The van der Waals surface area contributed by atoms with Gasteiger partial charge in [0.05, 0.1) is 36.1 Å². The number of hydrogen-bond donors (Lipinski definition) is 2. The van der Waals surface area contributed by atoms with E-state index in [4.69, 9.17) is 9.47 Å². The van der Waals surface area contributed by atoms with Gasteiger partial charge in [-0.05, 0) is 55.0 Å². The Balaban J connectivity index is 1.91. The van der Waals surface area contributed by atoms with Gasteiger partial charge in [0.2, 0.25) is 0 Å². The third-order valence-electron chi connectivity index (χ3n) is 4.50. The molecule has 0 fully saturated rings. The van der Waals surface area contributed by atoms with Crippen LogP contribution in [0.25, 0.3) is 0 Å². The lowest BCUT2D eigenvalue weighted by Crippen LogP contribution is -2.19. The van der Waals surface area contributed by atoms with Gasteiger partial charge in [-0.25, -0.2) is 12.8 Å². The van der Waals surface area contributed by atoms with Gasteiger partial charge in [0, 0.05) is 6.07 Å². The highest BCUT2D eigenvalue weighted by Crippen LogP contribution is 2.30. The van der Waals surface area contributed by atoms with Gasteiger partial charge >= 0.3 is 0 Å². The molecule has 7 nitrogen and oxygen atoms in total. The second-order valence-corrected chi connectivity index (χ2v) is 8.23. The molecule has 0 spiro atoms. The van der Waals surface area contributed by atoms with Crippen molar-refractivity contribution in [2.24, 2.45) is 0 Å². The van der Waals surface area contributed by atoms with Gasteiger partial charge in [-0.1, -0.05) is 12.1 Å². The first-order chi connectivity index (χ1) is 14.7. The lowest BCUT2D eigenvalue weighted by molar-refractivity contribution is 0.102. The third kappa shape index (κ3) is 4.95. The quantitative estimate of drug-likeness (QED) is 0.570. The molecule has 0 aliphatic rings. The van der Waals surface area contributed by atoms with E-state index in [0.717, 1.165) is 12.1 Å². The summed E-state index contributed by atoms with van der Waals surface area (Å²) >= 11 is 0. The van der Waals surface area contributed by atoms with Gasteiger partial charge in [0.25, 0.3) is 15.9 Å². The largest absolute Gasteiger partial charge is 0.497 e. The average molecular weight is 444 g/mol. The van der Waals surface area contributed by atoms with E-state index in [0.29, 0.717) is 17.2 Å². The zero-order valence-electron chi connectivity index (χ0n) is 17.1. The Morgan fingerprint density at radius 3 is 2.35 bits per heavy atom. The molecular formula is C22H21FN2O5S. The van der Waals surface area contributed by atoms with Crippen LogP contribution in [0.3, 0.4) is 0 Å². The number of halogens is 1. The van der Waals surface area contributed by atoms with Gasteiger partial charge in [-0.2, -0.15) is 0 Å². The SMILES string of the molecule is COc1ccc(NC(=O)c2ccccc2NS(=O)(=O)c2ccc(F)cc2C)c(OC)c1. The molecule has 9 heteroatoms. The molecule has 0 aromatic heterocycles. The number of sulfonamides is 1. The van der Waals surface area contributed by atoms with Crippen molar-refractivity contribution in [2.45, 2.75) is 11.8 Å². The van der Waals surface area contributed by atoms with Crippen molar-refractivity contribution in [1.82, 2.24) is 0 Å². The molecule has 0 radical (unpaired) electrons. The topological polar surface area (TPSA) is 93.7 Å². The fourth-order valence-corrected chi connectivity index (χ4v) is 4.28. The van der Waals surface area contributed by atoms with Crippen molar-refractivity contribution in [2.75, 3.05) is 24.3 Å². The first-order valence-electron chi connectivity index (χ1n) is 9.16. The lowest BCUT2D eigenvalue weighted by Gasteiger charge is -2.15. The van der Waals surface area contributed by atoms with E-state index in [-0.39, 0.29) is 21.7 Å². The number of hydrogen-bond acceptors (Lipinski definition) is 5. The van der Waals surface area contributed by atoms with Gasteiger partial charge in [-0.15, -0.1) is 0 Å². The highest BCUT2D eigenvalue weighted by Gasteiger charge is 2.21. The monoisotopic (exact) mass is 444 g/mol. The van der Waals surface area contributed by atoms with Crippen LogP contribution < -0.4 is 19.5 Å². The molecule has 0 bridgehead atoms. The number of benzene rings is 3. The summed E-state index contributed by atoms with van der Waals surface area (Å²) in [6, 6.07) is 14.4. The Hall–Kier alpha value is -3.59. The summed E-state index contributed by atoms with van der Waals surface area (Å²) in [4.78, 5) is 12.8. The van der Waals surface area contributed by atoms with Crippen molar-refractivity contribution < 1.29 is 27.1 Å². The molecule has 31 heavy (non-hydrogen) atoms. The summed E-state index contributed by atoms with van der Waals surface area (Å²) in [5.74, 6) is -0.146. The van der Waals surface area contributed by atoms with Crippen molar-refractivity contribution >= 4 is 27.3 Å². The van der Waals surface area contributed by atoms with Crippen LogP contribution in [0, 0.1) is 12.7 Å². The predicted molar refractivity (Wildman–Crippen MR) is 116 cm³/mol. The number of carbonyl (C=O) groups excluding carboxylic acids is 1. The number of para-hydroxylation sites is 1. The van der Waals surface area contributed by atoms with Crippen LogP contribution in [-0.2, 0) is 10.0 Å². The molecule has 2 N–H and O–H groups in total. The van der Waals surface area contributed by atoms with Gasteiger partial charge < -0.3 is 14.8 Å². The van der Waals surface area contributed by atoms with Gasteiger partial charge in [0.1, 0.15) is 17.3 Å². The molecule has 3 rings (SSSR count). The highest BCUT2D eigenvalue weighted by molar-refractivity contribution is 7.92.